The maximum atomic E-state index is 13.8. The van der Waals surface area contributed by atoms with E-state index in [0.717, 1.165) is 0 Å². The summed E-state index contributed by atoms with van der Waals surface area (Å²) in [5.41, 5.74) is 4.71. The van der Waals surface area contributed by atoms with Crippen LogP contribution in [0, 0.1) is 17.6 Å². The lowest BCUT2D eigenvalue weighted by atomic mass is 9.79. The molecule has 206 valence electrons. The van der Waals surface area contributed by atoms with Gasteiger partial charge in [0, 0.05) is 48.2 Å². The Labute approximate surface area is 232 Å². The molecule has 2 heterocycles. The molecule has 2 aromatic rings. The first-order valence-corrected chi connectivity index (χ1v) is 12.6. The second-order valence-electron chi connectivity index (χ2n) is 9.28. The number of hydrogen-bond donors (Lipinski definition) is 2. The lowest BCUT2D eigenvalue weighted by Crippen LogP contribution is -2.34. The van der Waals surface area contributed by atoms with Crippen molar-refractivity contribution in [2.24, 2.45) is 5.10 Å². The fourth-order valence-corrected chi connectivity index (χ4v) is 4.69. The van der Waals surface area contributed by atoms with Crippen LogP contribution < -0.4 is 10.6 Å². The van der Waals surface area contributed by atoms with Crippen molar-refractivity contribution in [2.75, 3.05) is 25.6 Å². The van der Waals surface area contributed by atoms with Crippen LogP contribution in [0.1, 0.15) is 49.3 Å². The second-order valence-corrected chi connectivity index (χ2v) is 9.28. The molecule has 2 aromatic carbocycles. The van der Waals surface area contributed by atoms with E-state index in [9.17, 15) is 19.6 Å². The number of hydrazone groups is 1. The van der Waals surface area contributed by atoms with Gasteiger partial charge in [-0.15, -0.1) is 6.42 Å². The van der Waals surface area contributed by atoms with Crippen LogP contribution in [0.2, 0.25) is 0 Å². The molecule has 2 aliphatic rings. The molecule has 0 aromatic heterocycles. The Morgan fingerprint density at radius 1 is 1.12 bits per heavy atom. The Kier molecular flexibility index (Phi) is 8.79. The van der Waals surface area contributed by atoms with Gasteiger partial charge in [0.1, 0.15) is 6.61 Å². The van der Waals surface area contributed by atoms with Gasteiger partial charge in [-0.1, -0.05) is 30.2 Å². The van der Waals surface area contributed by atoms with E-state index in [1.54, 1.807) is 56.3 Å². The monoisotopic (exact) mass is 541 g/mol. The number of rotatable bonds is 8. The number of hydrogen-bond acceptors (Lipinski definition) is 8. The molecule has 1 unspecified atom stereocenters. The summed E-state index contributed by atoms with van der Waals surface area (Å²) in [5, 5.41) is 21.6. The molecular weight excluding hydrogens is 512 g/mol. The molecular formula is C30H29N4O6-. The largest absolute Gasteiger partial charge is 0.735 e. The minimum atomic E-state index is -0.749. The molecule has 40 heavy (non-hydrogen) atoms. The van der Waals surface area contributed by atoms with E-state index in [4.69, 9.17) is 15.9 Å². The number of hydroxylamine groups is 1. The Morgan fingerprint density at radius 2 is 1.85 bits per heavy atom. The van der Waals surface area contributed by atoms with E-state index in [1.807, 2.05) is 6.07 Å². The van der Waals surface area contributed by atoms with Crippen LogP contribution in [-0.4, -0.2) is 49.0 Å². The quantitative estimate of drug-likeness (QED) is 0.297. The number of amides is 2. The average molecular weight is 542 g/mol. The van der Waals surface area contributed by atoms with Gasteiger partial charge in [0.15, 0.2) is 0 Å². The Balaban J connectivity index is 1.65. The van der Waals surface area contributed by atoms with Crippen LogP contribution in [0.4, 0.5) is 5.69 Å². The third kappa shape index (κ3) is 6.12. The number of ether oxygens (including phenoxy) is 2. The van der Waals surface area contributed by atoms with Crippen molar-refractivity contribution in [3.8, 4) is 12.3 Å². The van der Waals surface area contributed by atoms with Gasteiger partial charge >= 0.3 is 5.97 Å². The molecule has 0 bridgehead atoms. The molecule has 10 heteroatoms. The van der Waals surface area contributed by atoms with Gasteiger partial charge in [-0.05, 0) is 49.2 Å². The van der Waals surface area contributed by atoms with E-state index < -0.39 is 23.7 Å². The van der Waals surface area contributed by atoms with E-state index in [0.29, 0.717) is 57.1 Å². The highest BCUT2D eigenvalue weighted by Crippen LogP contribution is 2.39. The van der Waals surface area contributed by atoms with E-state index in [2.05, 4.69) is 21.7 Å². The number of allylic oxidation sites excluding steroid dienone is 2. The van der Waals surface area contributed by atoms with Gasteiger partial charge in [0.05, 0.1) is 23.8 Å². The second kappa shape index (κ2) is 12.4. The molecule has 1 atom stereocenters. The van der Waals surface area contributed by atoms with Crippen LogP contribution in [0.25, 0.3) is 0 Å². The van der Waals surface area contributed by atoms with Crippen LogP contribution >= 0.6 is 0 Å². The average Bonchev–Trinajstić information content (AvgIpc) is 2.94. The van der Waals surface area contributed by atoms with Gasteiger partial charge in [-0.2, -0.15) is 5.10 Å². The number of nitrogens with one attached hydrogen (secondary N) is 2. The number of nitrogens with zero attached hydrogens (tertiary/aromatic N) is 2. The van der Waals surface area contributed by atoms with E-state index >= 15 is 0 Å². The highest BCUT2D eigenvalue weighted by Gasteiger charge is 2.37. The fraction of sp³-hybridized carbons (Fsp3) is 0.267. The maximum Gasteiger partial charge on any atom is 0.336 e. The SMILES string of the molecule is C#Cc1cccc(C2C(C(=O)Nc3ccc(C4=NN([O-])C(=O)CC4)cc3)=C(C)NC(C)=C2C(=O)OCCOC)c1. The Hall–Kier alpha value is -4.72. The lowest BCUT2D eigenvalue weighted by molar-refractivity contribution is -0.140. The van der Waals surface area contributed by atoms with Crippen LogP contribution in [-0.2, 0) is 23.9 Å². The topological polar surface area (TPSA) is 132 Å². The van der Waals surface area contributed by atoms with Gasteiger partial charge in [-0.25, -0.2) is 4.79 Å². The highest BCUT2D eigenvalue weighted by atomic mass is 16.6. The van der Waals surface area contributed by atoms with Crippen molar-refractivity contribution >= 4 is 29.2 Å². The van der Waals surface area contributed by atoms with E-state index in [1.165, 1.54) is 7.11 Å². The predicted molar refractivity (Wildman–Crippen MR) is 150 cm³/mol. The Bertz CT molecular complexity index is 1470. The summed E-state index contributed by atoms with van der Waals surface area (Å²) in [6.45, 7) is 3.82. The molecule has 0 radical (unpaired) electrons. The summed E-state index contributed by atoms with van der Waals surface area (Å²) in [6.07, 6.45) is 6.08. The first-order valence-electron chi connectivity index (χ1n) is 12.6. The summed E-state index contributed by atoms with van der Waals surface area (Å²) in [6, 6.07) is 13.9. The lowest BCUT2D eigenvalue weighted by Gasteiger charge is -2.31. The van der Waals surface area contributed by atoms with Crippen molar-refractivity contribution in [1.29, 1.82) is 0 Å². The van der Waals surface area contributed by atoms with Crippen molar-refractivity contribution in [2.45, 2.75) is 32.6 Å². The molecule has 0 spiro atoms. The third-order valence-electron chi connectivity index (χ3n) is 6.61. The maximum absolute atomic E-state index is 13.8. The van der Waals surface area contributed by atoms with Gasteiger partial charge < -0.3 is 30.5 Å². The van der Waals surface area contributed by atoms with E-state index in [-0.39, 0.29) is 24.8 Å². The molecule has 0 saturated heterocycles. The minimum absolute atomic E-state index is 0.0589. The fourth-order valence-electron chi connectivity index (χ4n) is 4.69. The van der Waals surface area contributed by atoms with Crippen LogP contribution in [0.15, 0.2) is 76.2 Å². The summed E-state index contributed by atoms with van der Waals surface area (Å²) in [5.74, 6) is 0.286. The number of esters is 1. The van der Waals surface area contributed by atoms with Crippen LogP contribution in [0.3, 0.4) is 0 Å². The zero-order valence-corrected chi connectivity index (χ0v) is 22.4. The van der Waals surface area contributed by atoms with Gasteiger partial charge in [0.25, 0.3) is 5.91 Å². The summed E-state index contributed by atoms with van der Waals surface area (Å²) in [7, 11) is 1.51. The van der Waals surface area contributed by atoms with Crippen LogP contribution in [0.5, 0.6) is 0 Å². The molecule has 2 aliphatic heterocycles. The van der Waals surface area contributed by atoms with Gasteiger partial charge in [0.2, 0.25) is 5.91 Å². The molecule has 0 aliphatic carbocycles. The standard InChI is InChI=1S/C30H29N4O6/c1-5-20-7-6-8-22(17-20)28-26(18(2)31-19(3)27(28)30(37)40-16-15-39-4)29(36)32-23-11-9-21(10-12-23)24-13-14-25(35)34(38)33-24/h1,6-12,17,28,31H,13-16H2,2-4H3,(H,32,36)/q-1. The molecule has 2 N–H and O–H groups in total. The highest BCUT2D eigenvalue weighted by molar-refractivity contribution is 6.09. The number of dihydropyridines is 1. The van der Waals surface area contributed by atoms with Crippen molar-refractivity contribution in [1.82, 2.24) is 10.5 Å². The number of benzene rings is 2. The minimum Gasteiger partial charge on any atom is -0.735 e. The smallest absolute Gasteiger partial charge is 0.336 e. The molecule has 10 nitrogen and oxygen atoms in total. The number of methoxy groups -OCH3 is 1. The zero-order valence-electron chi connectivity index (χ0n) is 22.4. The summed E-state index contributed by atoms with van der Waals surface area (Å²) < 4.78 is 10.5. The number of terminal acetylenes is 1. The normalized spacial score (nSPS) is 17.2. The summed E-state index contributed by atoms with van der Waals surface area (Å²) in [4.78, 5) is 38.5. The predicted octanol–water partition coefficient (Wildman–Crippen LogP) is 3.56. The molecule has 0 saturated carbocycles. The zero-order chi connectivity index (χ0) is 28.8. The number of carbonyl (C=O) groups is 3. The van der Waals surface area contributed by atoms with Crippen molar-refractivity contribution < 1.29 is 23.9 Å². The number of carbonyl (C=O) groups excluding carboxylic acids is 3. The molecule has 2 amide bonds. The number of anilines is 1. The third-order valence-corrected chi connectivity index (χ3v) is 6.61. The van der Waals surface area contributed by atoms with Gasteiger partial charge in [-0.3, -0.25) is 9.59 Å². The first kappa shape index (κ1) is 28.3. The van der Waals surface area contributed by atoms with Crippen molar-refractivity contribution in [3.05, 3.63) is 93.0 Å². The molecule has 0 fully saturated rings. The summed E-state index contributed by atoms with van der Waals surface area (Å²) >= 11 is 0. The van der Waals surface area contributed by atoms with Crippen molar-refractivity contribution in [3.63, 3.8) is 0 Å². The molecule has 4 rings (SSSR count). The Morgan fingerprint density at radius 3 is 2.52 bits per heavy atom. The first-order chi connectivity index (χ1) is 19.2.